The Morgan fingerprint density at radius 2 is 2.11 bits per heavy atom. The van der Waals surface area contributed by atoms with E-state index in [1.165, 1.54) is 11.1 Å². The molecule has 1 N–H and O–H groups in total. The van der Waals surface area contributed by atoms with Crippen LogP contribution in [0.15, 0.2) is 42.6 Å². The first-order valence-corrected chi connectivity index (χ1v) is 6.98. The lowest BCUT2D eigenvalue weighted by molar-refractivity contribution is 0.570. The highest BCUT2D eigenvalue weighted by Crippen LogP contribution is 2.21. The minimum atomic E-state index is 0.217. The van der Waals surface area contributed by atoms with Gasteiger partial charge in [0.05, 0.1) is 11.7 Å². The second kappa shape index (κ2) is 6.69. The van der Waals surface area contributed by atoms with Gasteiger partial charge in [0, 0.05) is 11.2 Å². The Balaban J connectivity index is 2.25. The Morgan fingerprint density at radius 1 is 1.26 bits per heavy atom. The summed E-state index contributed by atoms with van der Waals surface area (Å²) in [5, 5.41) is 4.14. The van der Waals surface area contributed by atoms with Crippen LogP contribution in [0.25, 0.3) is 0 Å². The molecule has 1 heterocycles. The molecule has 0 amide bonds. The molecule has 0 aliphatic rings. The van der Waals surface area contributed by atoms with Crippen molar-refractivity contribution in [3.8, 4) is 0 Å². The van der Waals surface area contributed by atoms with E-state index in [-0.39, 0.29) is 6.04 Å². The Labute approximate surface area is 119 Å². The third-order valence-electron chi connectivity index (χ3n) is 3.31. The topological polar surface area (TPSA) is 24.9 Å². The Bertz CT molecular complexity index is 540. The average molecular weight is 275 g/mol. The number of likely N-dealkylation sites (N-methyl/N-ethyl adjacent to an activating group) is 1. The summed E-state index contributed by atoms with van der Waals surface area (Å²) in [5.74, 6) is 0. The Hall–Kier alpha value is -1.38. The zero-order chi connectivity index (χ0) is 13.7. The van der Waals surface area contributed by atoms with Gasteiger partial charge in [0.15, 0.2) is 0 Å². The van der Waals surface area contributed by atoms with Crippen molar-refractivity contribution >= 4 is 11.6 Å². The van der Waals surface area contributed by atoms with E-state index in [0.717, 1.165) is 23.6 Å². The number of benzene rings is 1. The quantitative estimate of drug-likeness (QED) is 0.897. The first-order valence-electron chi connectivity index (χ1n) is 6.60. The maximum absolute atomic E-state index is 6.04. The first-order chi connectivity index (χ1) is 9.24. The van der Waals surface area contributed by atoms with E-state index in [9.17, 15) is 0 Å². The summed E-state index contributed by atoms with van der Waals surface area (Å²) in [5.41, 5.74) is 3.65. The SMILES string of the molecule is CCc1cccnc1C(Cc1cccc(Cl)c1)NC. The lowest BCUT2D eigenvalue weighted by Crippen LogP contribution is -2.21. The minimum absolute atomic E-state index is 0.217. The van der Waals surface area contributed by atoms with Crippen molar-refractivity contribution in [1.29, 1.82) is 0 Å². The summed E-state index contributed by atoms with van der Waals surface area (Å²) in [7, 11) is 1.98. The van der Waals surface area contributed by atoms with Crippen LogP contribution in [-0.4, -0.2) is 12.0 Å². The second-order valence-electron chi connectivity index (χ2n) is 4.58. The number of hydrogen-bond acceptors (Lipinski definition) is 2. The number of aromatic nitrogens is 1. The summed E-state index contributed by atoms with van der Waals surface area (Å²) < 4.78 is 0. The molecule has 0 fully saturated rings. The van der Waals surface area contributed by atoms with E-state index in [1.54, 1.807) is 0 Å². The van der Waals surface area contributed by atoms with E-state index in [2.05, 4.69) is 29.4 Å². The van der Waals surface area contributed by atoms with Crippen molar-refractivity contribution in [2.24, 2.45) is 0 Å². The smallest absolute Gasteiger partial charge is 0.0608 e. The fourth-order valence-electron chi connectivity index (χ4n) is 2.30. The Morgan fingerprint density at radius 3 is 2.79 bits per heavy atom. The number of nitrogens with zero attached hydrogens (tertiary/aromatic N) is 1. The van der Waals surface area contributed by atoms with E-state index in [1.807, 2.05) is 37.5 Å². The highest BCUT2D eigenvalue weighted by molar-refractivity contribution is 6.30. The lowest BCUT2D eigenvalue weighted by Gasteiger charge is -2.18. The van der Waals surface area contributed by atoms with Gasteiger partial charge in [0.1, 0.15) is 0 Å². The van der Waals surface area contributed by atoms with Crippen LogP contribution in [0.1, 0.15) is 29.8 Å². The highest BCUT2D eigenvalue weighted by Gasteiger charge is 2.14. The molecule has 1 atom stereocenters. The predicted molar refractivity (Wildman–Crippen MR) is 80.6 cm³/mol. The second-order valence-corrected chi connectivity index (χ2v) is 5.01. The molecule has 0 saturated carbocycles. The zero-order valence-corrected chi connectivity index (χ0v) is 12.1. The van der Waals surface area contributed by atoms with Crippen LogP contribution in [0.2, 0.25) is 5.02 Å². The van der Waals surface area contributed by atoms with Crippen molar-refractivity contribution in [1.82, 2.24) is 10.3 Å². The maximum Gasteiger partial charge on any atom is 0.0608 e. The van der Waals surface area contributed by atoms with Crippen LogP contribution < -0.4 is 5.32 Å². The predicted octanol–water partition coefficient (Wildman–Crippen LogP) is 3.80. The maximum atomic E-state index is 6.04. The van der Waals surface area contributed by atoms with Crippen LogP contribution >= 0.6 is 11.6 Å². The van der Waals surface area contributed by atoms with E-state index < -0.39 is 0 Å². The van der Waals surface area contributed by atoms with Gasteiger partial charge in [0.25, 0.3) is 0 Å². The van der Waals surface area contributed by atoms with Gasteiger partial charge in [-0.05, 0) is 49.2 Å². The third kappa shape index (κ3) is 3.55. The van der Waals surface area contributed by atoms with Crippen molar-refractivity contribution in [2.45, 2.75) is 25.8 Å². The largest absolute Gasteiger partial charge is 0.311 e. The molecule has 19 heavy (non-hydrogen) atoms. The molecule has 1 unspecified atom stereocenters. The fraction of sp³-hybridized carbons (Fsp3) is 0.312. The standard InChI is InChI=1S/C16H19ClN2/c1-3-13-7-5-9-19-16(13)15(18-2)11-12-6-4-8-14(17)10-12/h4-10,15,18H,3,11H2,1-2H3. The molecular formula is C16H19ClN2. The molecule has 1 aromatic carbocycles. The molecule has 0 bridgehead atoms. The summed E-state index contributed by atoms with van der Waals surface area (Å²) in [4.78, 5) is 4.54. The first kappa shape index (κ1) is 14.0. The molecule has 0 aliphatic heterocycles. The van der Waals surface area contributed by atoms with Gasteiger partial charge in [-0.15, -0.1) is 0 Å². The van der Waals surface area contributed by atoms with Gasteiger partial charge >= 0.3 is 0 Å². The van der Waals surface area contributed by atoms with Crippen LogP contribution in [0, 0.1) is 0 Å². The molecule has 0 saturated heterocycles. The van der Waals surface area contributed by atoms with Crippen molar-refractivity contribution < 1.29 is 0 Å². The van der Waals surface area contributed by atoms with Crippen LogP contribution in [0.4, 0.5) is 0 Å². The van der Waals surface area contributed by atoms with Gasteiger partial charge in [-0.25, -0.2) is 0 Å². The van der Waals surface area contributed by atoms with Gasteiger partial charge in [-0.2, -0.15) is 0 Å². The Kier molecular flexibility index (Phi) is 4.94. The van der Waals surface area contributed by atoms with Crippen LogP contribution in [0.3, 0.4) is 0 Å². The molecule has 2 aromatic rings. The monoisotopic (exact) mass is 274 g/mol. The summed E-state index contributed by atoms with van der Waals surface area (Å²) >= 11 is 6.04. The molecule has 100 valence electrons. The van der Waals surface area contributed by atoms with Gasteiger partial charge in [-0.3, -0.25) is 4.98 Å². The van der Waals surface area contributed by atoms with Crippen molar-refractivity contribution in [2.75, 3.05) is 7.05 Å². The highest BCUT2D eigenvalue weighted by atomic mass is 35.5. The fourth-order valence-corrected chi connectivity index (χ4v) is 2.51. The van der Waals surface area contributed by atoms with Crippen molar-refractivity contribution in [3.05, 3.63) is 64.4 Å². The molecule has 0 spiro atoms. The number of halogens is 1. The summed E-state index contributed by atoms with van der Waals surface area (Å²) in [6, 6.07) is 12.4. The lowest BCUT2D eigenvalue weighted by atomic mass is 9.98. The van der Waals surface area contributed by atoms with E-state index in [4.69, 9.17) is 11.6 Å². The van der Waals surface area contributed by atoms with Crippen LogP contribution in [0.5, 0.6) is 0 Å². The normalized spacial score (nSPS) is 12.4. The van der Waals surface area contributed by atoms with Gasteiger partial charge in [0.2, 0.25) is 0 Å². The van der Waals surface area contributed by atoms with Crippen LogP contribution in [-0.2, 0) is 12.8 Å². The number of pyridine rings is 1. The van der Waals surface area contributed by atoms with E-state index >= 15 is 0 Å². The molecule has 0 radical (unpaired) electrons. The molecule has 0 aliphatic carbocycles. The molecular weight excluding hydrogens is 256 g/mol. The third-order valence-corrected chi connectivity index (χ3v) is 3.55. The van der Waals surface area contributed by atoms with Crippen molar-refractivity contribution in [3.63, 3.8) is 0 Å². The molecule has 2 rings (SSSR count). The summed E-state index contributed by atoms with van der Waals surface area (Å²) in [6.07, 6.45) is 3.74. The minimum Gasteiger partial charge on any atom is -0.311 e. The number of nitrogens with one attached hydrogen (secondary N) is 1. The molecule has 2 nitrogen and oxygen atoms in total. The summed E-state index contributed by atoms with van der Waals surface area (Å²) in [6.45, 7) is 2.16. The molecule has 3 heteroatoms. The number of hydrogen-bond donors (Lipinski definition) is 1. The number of aryl methyl sites for hydroxylation is 1. The van der Waals surface area contributed by atoms with E-state index in [0.29, 0.717) is 0 Å². The van der Waals surface area contributed by atoms with Gasteiger partial charge < -0.3 is 5.32 Å². The molecule has 1 aromatic heterocycles. The number of rotatable bonds is 5. The average Bonchev–Trinajstić information content (AvgIpc) is 2.45. The van der Waals surface area contributed by atoms with Gasteiger partial charge in [-0.1, -0.05) is 36.7 Å². The zero-order valence-electron chi connectivity index (χ0n) is 11.4.